The van der Waals surface area contributed by atoms with E-state index in [9.17, 15) is 4.79 Å². The maximum absolute atomic E-state index is 12.5. The highest BCUT2D eigenvalue weighted by Gasteiger charge is 2.23. The van der Waals surface area contributed by atoms with Gasteiger partial charge in [0.15, 0.2) is 17.5 Å². The molecule has 2 atom stereocenters. The number of rotatable bonds is 5. The minimum Gasteiger partial charge on any atom is -0.454 e. The van der Waals surface area contributed by atoms with Gasteiger partial charge in [-0.15, -0.1) is 0 Å². The second-order valence-corrected chi connectivity index (χ2v) is 6.95. The van der Waals surface area contributed by atoms with Crippen molar-refractivity contribution >= 4 is 34.8 Å². The topological polar surface area (TPSA) is 52.0 Å². The van der Waals surface area contributed by atoms with Crippen LogP contribution in [-0.2, 0) is 11.3 Å². The fourth-order valence-corrected chi connectivity index (χ4v) is 3.15. The molecule has 0 spiro atoms. The molecule has 0 bridgehead atoms. The zero-order valence-electron chi connectivity index (χ0n) is 13.9. The highest BCUT2D eigenvalue weighted by atomic mass is 35.5. The smallest absolute Gasteiger partial charge is 0.282 e. The zero-order chi connectivity index (χ0) is 18.0. The number of nitrogens with one attached hydrogen (secondary N) is 2. The summed E-state index contributed by atoms with van der Waals surface area (Å²) in [6.07, 6.45) is 0. The van der Waals surface area contributed by atoms with Gasteiger partial charge in [0.1, 0.15) is 6.54 Å². The molecule has 0 radical (unpaired) electrons. The van der Waals surface area contributed by atoms with E-state index in [1.54, 1.807) is 18.2 Å². The van der Waals surface area contributed by atoms with Gasteiger partial charge in [-0.25, -0.2) is 0 Å². The second-order valence-electron chi connectivity index (χ2n) is 6.08. The minimum atomic E-state index is -0.261. The number of hydrogen-bond acceptors (Lipinski definition) is 3. The van der Waals surface area contributed by atoms with E-state index in [-0.39, 0.29) is 18.7 Å². The molecule has 0 aromatic heterocycles. The first-order chi connectivity index (χ1) is 11.9. The Morgan fingerprint density at radius 3 is 2.56 bits per heavy atom. The summed E-state index contributed by atoms with van der Waals surface area (Å²) in [5, 5.41) is 3.82. The highest BCUT2D eigenvalue weighted by Crippen LogP contribution is 2.32. The lowest BCUT2D eigenvalue weighted by atomic mass is 10.1. The molecular weight excluding hydrogens is 363 g/mol. The minimum absolute atomic E-state index is 0.100. The van der Waals surface area contributed by atoms with Crippen molar-refractivity contribution in [2.45, 2.75) is 19.5 Å². The third kappa shape index (κ3) is 4.37. The molecule has 1 unspecified atom stereocenters. The Kier molecular flexibility index (Phi) is 5.37. The number of quaternary nitrogens is 1. The summed E-state index contributed by atoms with van der Waals surface area (Å²) in [6, 6.07) is 10.5. The Hall–Kier alpha value is -1.95. The van der Waals surface area contributed by atoms with Gasteiger partial charge in [-0.2, -0.15) is 0 Å². The Bertz CT molecular complexity index is 778. The third-order valence-electron chi connectivity index (χ3n) is 4.18. The van der Waals surface area contributed by atoms with Gasteiger partial charge in [-0.3, -0.25) is 4.79 Å². The molecule has 0 saturated carbocycles. The second kappa shape index (κ2) is 7.52. The Morgan fingerprint density at radius 2 is 1.84 bits per heavy atom. The van der Waals surface area contributed by atoms with Crippen LogP contribution in [0.5, 0.6) is 11.5 Å². The first-order valence-electron chi connectivity index (χ1n) is 7.90. The van der Waals surface area contributed by atoms with Crippen molar-refractivity contribution in [3.05, 3.63) is 52.0 Å². The van der Waals surface area contributed by atoms with Gasteiger partial charge in [-0.1, -0.05) is 23.2 Å². The molecule has 1 heterocycles. The lowest BCUT2D eigenvalue weighted by Gasteiger charge is -2.21. The first-order valence-corrected chi connectivity index (χ1v) is 8.66. The maximum Gasteiger partial charge on any atom is 0.282 e. The van der Waals surface area contributed by atoms with Crippen molar-refractivity contribution in [1.82, 2.24) is 0 Å². The van der Waals surface area contributed by atoms with Crippen LogP contribution in [0.1, 0.15) is 12.5 Å². The Morgan fingerprint density at radius 1 is 1.16 bits per heavy atom. The highest BCUT2D eigenvalue weighted by molar-refractivity contribution is 6.35. The predicted molar refractivity (Wildman–Crippen MR) is 97.7 cm³/mol. The Labute approximate surface area is 156 Å². The van der Waals surface area contributed by atoms with Gasteiger partial charge in [0, 0.05) is 21.3 Å². The molecule has 1 aliphatic heterocycles. The molecule has 132 valence electrons. The fourth-order valence-electron chi connectivity index (χ4n) is 2.63. The summed E-state index contributed by atoms with van der Waals surface area (Å²) in [6.45, 7) is 2.81. The van der Waals surface area contributed by atoms with E-state index in [4.69, 9.17) is 32.7 Å². The van der Waals surface area contributed by atoms with E-state index in [0.29, 0.717) is 22.3 Å². The molecule has 5 nitrogen and oxygen atoms in total. The van der Waals surface area contributed by atoms with Crippen molar-refractivity contribution in [3.8, 4) is 11.5 Å². The molecule has 2 N–H and O–H groups in total. The van der Waals surface area contributed by atoms with Crippen LogP contribution >= 0.6 is 23.2 Å². The van der Waals surface area contributed by atoms with Crippen molar-refractivity contribution < 1.29 is 19.2 Å². The Balaban J connectivity index is 1.63. The van der Waals surface area contributed by atoms with E-state index >= 15 is 0 Å². The normalized spacial score (nSPS) is 14.9. The molecular formula is C18H19Cl2N2O3+. The lowest BCUT2D eigenvalue weighted by Crippen LogP contribution is -3.12. The average molecular weight is 382 g/mol. The van der Waals surface area contributed by atoms with E-state index in [0.717, 1.165) is 22.0 Å². The van der Waals surface area contributed by atoms with E-state index < -0.39 is 0 Å². The number of carbonyl (C=O) groups excluding carboxylic acids is 1. The van der Waals surface area contributed by atoms with E-state index in [1.165, 1.54) is 0 Å². The van der Waals surface area contributed by atoms with Crippen LogP contribution in [0.15, 0.2) is 36.4 Å². The molecule has 7 heteroatoms. The molecule has 25 heavy (non-hydrogen) atoms. The number of anilines is 1. The van der Waals surface area contributed by atoms with Crippen LogP contribution < -0.4 is 19.7 Å². The van der Waals surface area contributed by atoms with Gasteiger partial charge in [0.2, 0.25) is 6.79 Å². The number of halogens is 2. The molecule has 0 saturated heterocycles. The molecule has 1 aliphatic rings. The zero-order valence-corrected chi connectivity index (χ0v) is 15.4. The van der Waals surface area contributed by atoms with Gasteiger partial charge in [0.05, 0.1) is 7.05 Å². The van der Waals surface area contributed by atoms with Crippen molar-refractivity contribution in [2.75, 3.05) is 19.2 Å². The van der Waals surface area contributed by atoms with E-state index in [2.05, 4.69) is 5.32 Å². The molecule has 0 fully saturated rings. The quantitative estimate of drug-likeness (QED) is 0.836. The number of ether oxygens (including phenoxy) is 2. The van der Waals surface area contributed by atoms with E-state index in [1.807, 2.05) is 32.2 Å². The predicted octanol–water partition coefficient (Wildman–Crippen LogP) is 2.76. The summed E-state index contributed by atoms with van der Waals surface area (Å²) < 4.78 is 10.7. The summed E-state index contributed by atoms with van der Waals surface area (Å²) >= 11 is 11.9. The van der Waals surface area contributed by atoms with Gasteiger partial charge in [0.25, 0.3) is 5.91 Å². The van der Waals surface area contributed by atoms with Crippen molar-refractivity contribution in [3.63, 3.8) is 0 Å². The first kappa shape index (κ1) is 17.9. The monoisotopic (exact) mass is 381 g/mol. The van der Waals surface area contributed by atoms with Crippen LogP contribution in [0.25, 0.3) is 0 Å². The molecule has 2 aromatic rings. The number of carbonyl (C=O) groups is 1. The lowest BCUT2D eigenvalue weighted by molar-refractivity contribution is -0.907. The number of benzene rings is 2. The average Bonchev–Trinajstić information content (AvgIpc) is 3.00. The fraction of sp³-hybridized carbons (Fsp3) is 0.278. The van der Waals surface area contributed by atoms with Crippen LogP contribution in [-0.4, -0.2) is 25.8 Å². The third-order valence-corrected chi connectivity index (χ3v) is 4.62. The SMILES string of the molecule is C[C@H](C(=O)Nc1cc(Cl)cc(Cl)c1)[NH+](C)Cc1ccc2c(c1)OCO2. The van der Waals surface area contributed by atoms with Crippen LogP contribution in [0.3, 0.4) is 0 Å². The number of hydrogen-bond donors (Lipinski definition) is 2. The number of fused-ring (bicyclic) bond motifs is 1. The summed E-state index contributed by atoms with van der Waals surface area (Å²) in [7, 11) is 1.97. The maximum atomic E-state index is 12.5. The molecule has 1 amide bonds. The molecule has 2 aromatic carbocycles. The van der Waals surface area contributed by atoms with Crippen LogP contribution in [0.2, 0.25) is 10.0 Å². The summed E-state index contributed by atoms with van der Waals surface area (Å²) in [4.78, 5) is 13.5. The van der Waals surface area contributed by atoms with Crippen LogP contribution in [0.4, 0.5) is 5.69 Å². The van der Waals surface area contributed by atoms with Crippen LogP contribution in [0, 0.1) is 0 Å². The van der Waals surface area contributed by atoms with Gasteiger partial charge in [-0.05, 0) is 43.3 Å². The molecule has 3 rings (SSSR count). The molecule has 0 aliphatic carbocycles. The van der Waals surface area contributed by atoms with Gasteiger partial charge >= 0.3 is 0 Å². The summed E-state index contributed by atoms with van der Waals surface area (Å²) in [5.74, 6) is 1.40. The van der Waals surface area contributed by atoms with Crippen molar-refractivity contribution in [1.29, 1.82) is 0 Å². The largest absolute Gasteiger partial charge is 0.454 e. The number of likely N-dealkylation sites (N-methyl/N-ethyl adjacent to an activating group) is 1. The number of amides is 1. The standard InChI is InChI=1S/C18H18Cl2N2O3/c1-11(18(23)21-15-7-13(19)6-14(20)8-15)22(2)9-12-3-4-16-17(5-12)25-10-24-16/h3-8,11H,9-10H2,1-2H3,(H,21,23)/p+1/t11-/m1/s1. The summed E-state index contributed by atoms with van der Waals surface area (Å²) in [5.41, 5.74) is 1.66. The van der Waals surface area contributed by atoms with Crippen molar-refractivity contribution in [2.24, 2.45) is 0 Å². The van der Waals surface area contributed by atoms with Gasteiger partial charge < -0.3 is 19.7 Å².